The van der Waals surface area contributed by atoms with Crippen molar-refractivity contribution in [3.8, 4) is 5.75 Å². The highest BCUT2D eigenvalue weighted by atomic mass is 79.9. The molecule has 0 radical (unpaired) electrons. The van der Waals surface area contributed by atoms with E-state index in [0.29, 0.717) is 4.47 Å². The van der Waals surface area contributed by atoms with Crippen LogP contribution in [0.5, 0.6) is 5.75 Å². The average Bonchev–Trinajstić information content (AvgIpc) is 2.20. The van der Waals surface area contributed by atoms with Crippen LogP contribution in [0.1, 0.15) is 11.6 Å². The van der Waals surface area contributed by atoms with E-state index in [2.05, 4.69) is 15.9 Å². The first-order valence-corrected chi connectivity index (χ1v) is 4.90. The van der Waals surface area contributed by atoms with Gasteiger partial charge in [-0.25, -0.2) is 8.78 Å². The number of aliphatic hydroxyl groups excluding tert-OH is 1. The molecule has 0 aliphatic carbocycles. The van der Waals surface area contributed by atoms with Crippen molar-refractivity contribution in [3.05, 3.63) is 28.2 Å². The maximum atomic E-state index is 13.1. The Balaban J connectivity index is 0.00000225. The quantitative estimate of drug-likeness (QED) is 0.800. The van der Waals surface area contributed by atoms with Crippen molar-refractivity contribution in [1.29, 1.82) is 0 Å². The summed E-state index contributed by atoms with van der Waals surface area (Å²) in [5, 5.41) is 17.6. The number of hydrogen-bond donors (Lipinski definition) is 3. The third kappa shape index (κ3) is 3.28. The first kappa shape index (κ1) is 15.6. The van der Waals surface area contributed by atoms with Crippen molar-refractivity contribution >= 4 is 28.3 Å². The summed E-state index contributed by atoms with van der Waals surface area (Å²) in [6, 6.07) is 2.23. The molecule has 0 unspecified atom stereocenters. The Labute approximate surface area is 106 Å². The summed E-state index contributed by atoms with van der Waals surface area (Å²) in [7, 11) is 0. The van der Waals surface area contributed by atoms with Crippen LogP contribution in [-0.4, -0.2) is 22.7 Å². The van der Waals surface area contributed by atoms with Crippen LogP contribution >= 0.6 is 28.3 Å². The van der Waals surface area contributed by atoms with Gasteiger partial charge in [0.15, 0.2) is 0 Å². The molecule has 0 heterocycles. The lowest BCUT2D eigenvalue weighted by atomic mass is 10.0. The zero-order valence-electron chi connectivity index (χ0n) is 8.03. The number of phenols is 1. The lowest BCUT2D eigenvalue weighted by Crippen LogP contribution is -2.36. The summed E-state index contributed by atoms with van der Waals surface area (Å²) in [5.74, 6) is -3.58. The van der Waals surface area contributed by atoms with Gasteiger partial charge in [0, 0.05) is 4.47 Å². The number of nitrogens with two attached hydrogens (primary N) is 1. The summed E-state index contributed by atoms with van der Waals surface area (Å²) in [5.41, 5.74) is 5.35. The van der Waals surface area contributed by atoms with Crippen LogP contribution in [0.25, 0.3) is 0 Å². The van der Waals surface area contributed by atoms with Gasteiger partial charge < -0.3 is 15.9 Å². The molecule has 0 amide bonds. The van der Waals surface area contributed by atoms with E-state index < -0.39 is 18.6 Å². The molecule has 0 fully saturated rings. The van der Waals surface area contributed by atoms with Gasteiger partial charge in [0.2, 0.25) is 0 Å². The molecule has 0 saturated heterocycles. The van der Waals surface area contributed by atoms with E-state index in [0.717, 1.165) is 6.07 Å². The van der Waals surface area contributed by atoms with Crippen molar-refractivity contribution in [2.45, 2.75) is 12.0 Å². The van der Waals surface area contributed by atoms with Crippen LogP contribution in [0.15, 0.2) is 22.7 Å². The highest BCUT2D eigenvalue weighted by Crippen LogP contribution is 2.34. The lowest BCUT2D eigenvalue weighted by molar-refractivity contribution is -0.0713. The molecule has 7 heteroatoms. The molecule has 16 heavy (non-hydrogen) atoms. The zero-order chi connectivity index (χ0) is 11.6. The van der Waals surface area contributed by atoms with Gasteiger partial charge in [-0.05, 0) is 23.8 Å². The molecule has 0 aromatic heterocycles. The number of aliphatic hydroxyl groups is 1. The third-order valence-electron chi connectivity index (χ3n) is 1.98. The summed E-state index contributed by atoms with van der Waals surface area (Å²) in [4.78, 5) is 0. The second kappa shape index (κ2) is 5.77. The molecular formula is C9H11BrClF2NO2. The summed E-state index contributed by atoms with van der Waals surface area (Å²) in [6.07, 6.45) is 0. The van der Waals surface area contributed by atoms with Gasteiger partial charge in [-0.2, -0.15) is 0 Å². The minimum absolute atomic E-state index is 0. The SMILES string of the molecule is Cl.N[C@H](c1cc(O)ccc1Br)C(F)(F)CO. The van der Waals surface area contributed by atoms with Crippen molar-refractivity contribution in [1.82, 2.24) is 0 Å². The molecule has 0 bridgehead atoms. The largest absolute Gasteiger partial charge is 0.508 e. The van der Waals surface area contributed by atoms with E-state index in [1.54, 1.807) is 0 Å². The molecule has 1 rings (SSSR count). The van der Waals surface area contributed by atoms with Crippen molar-refractivity contribution in [2.75, 3.05) is 6.61 Å². The number of benzene rings is 1. The van der Waals surface area contributed by atoms with Crippen molar-refractivity contribution in [2.24, 2.45) is 5.73 Å². The first-order chi connectivity index (χ1) is 6.88. The monoisotopic (exact) mass is 317 g/mol. The molecule has 0 spiro atoms. The lowest BCUT2D eigenvalue weighted by Gasteiger charge is -2.22. The normalized spacial score (nSPS) is 13.1. The average molecular weight is 319 g/mol. The van der Waals surface area contributed by atoms with Crippen LogP contribution in [0, 0.1) is 0 Å². The van der Waals surface area contributed by atoms with Crippen LogP contribution in [0.4, 0.5) is 8.78 Å². The van der Waals surface area contributed by atoms with Gasteiger partial charge in [-0.3, -0.25) is 0 Å². The molecule has 0 aliphatic heterocycles. The van der Waals surface area contributed by atoms with E-state index in [1.165, 1.54) is 12.1 Å². The molecule has 1 aromatic carbocycles. The van der Waals surface area contributed by atoms with E-state index in [1.807, 2.05) is 0 Å². The van der Waals surface area contributed by atoms with Gasteiger partial charge in [0.25, 0.3) is 5.92 Å². The van der Waals surface area contributed by atoms with E-state index >= 15 is 0 Å². The van der Waals surface area contributed by atoms with E-state index in [9.17, 15) is 8.78 Å². The summed E-state index contributed by atoms with van der Waals surface area (Å²) in [6.45, 7) is -1.34. The predicted octanol–water partition coefficient (Wildman–Crippen LogP) is 2.20. The molecule has 0 saturated carbocycles. The van der Waals surface area contributed by atoms with Gasteiger partial charge in [0.1, 0.15) is 12.4 Å². The fourth-order valence-electron chi connectivity index (χ4n) is 1.10. The highest BCUT2D eigenvalue weighted by molar-refractivity contribution is 9.10. The number of aromatic hydroxyl groups is 1. The maximum Gasteiger partial charge on any atom is 0.289 e. The van der Waals surface area contributed by atoms with Gasteiger partial charge >= 0.3 is 0 Å². The second-order valence-corrected chi connectivity index (χ2v) is 3.96. The minimum Gasteiger partial charge on any atom is -0.508 e. The minimum atomic E-state index is -3.42. The molecule has 92 valence electrons. The number of hydrogen-bond acceptors (Lipinski definition) is 3. The van der Waals surface area contributed by atoms with Crippen LogP contribution in [-0.2, 0) is 0 Å². The predicted molar refractivity (Wildman–Crippen MR) is 62.0 cm³/mol. The molecule has 0 aliphatic rings. The number of rotatable bonds is 3. The molecular weight excluding hydrogens is 307 g/mol. The molecule has 1 aromatic rings. The summed E-state index contributed by atoms with van der Waals surface area (Å²) < 4.78 is 26.5. The zero-order valence-corrected chi connectivity index (χ0v) is 10.4. The number of alkyl halides is 2. The fourth-order valence-corrected chi connectivity index (χ4v) is 1.59. The molecule has 4 N–H and O–H groups in total. The topological polar surface area (TPSA) is 66.5 Å². The van der Waals surface area contributed by atoms with Crippen LogP contribution in [0.2, 0.25) is 0 Å². The van der Waals surface area contributed by atoms with E-state index in [-0.39, 0.29) is 23.7 Å². The fraction of sp³-hybridized carbons (Fsp3) is 0.333. The number of phenolic OH excluding ortho intramolecular Hbond substituents is 1. The Kier molecular flexibility index (Phi) is 5.61. The van der Waals surface area contributed by atoms with Gasteiger partial charge in [0.05, 0.1) is 6.04 Å². The van der Waals surface area contributed by atoms with Gasteiger partial charge in [-0.1, -0.05) is 15.9 Å². The van der Waals surface area contributed by atoms with Crippen molar-refractivity contribution in [3.63, 3.8) is 0 Å². The Morgan fingerprint density at radius 1 is 1.44 bits per heavy atom. The molecule has 3 nitrogen and oxygen atoms in total. The molecule has 1 atom stereocenters. The van der Waals surface area contributed by atoms with Crippen molar-refractivity contribution < 1.29 is 19.0 Å². The first-order valence-electron chi connectivity index (χ1n) is 4.11. The summed E-state index contributed by atoms with van der Waals surface area (Å²) >= 11 is 3.05. The maximum absolute atomic E-state index is 13.1. The Morgan fingerprint density at radius 2 is 2.00 bits per heavy atom. The Hall–Kier alpha value is -0.430. The van der Waals surface area contributed by atoms with Crippen LogP contribution in [0.3, 0.4) is 0 Å². The standard InChI is InChI=1S/C9H10BrF2NO2.ClH/c10-7-2-1-5(15)3-6(7)8(13)9(11,12)4-14;/h1-3,8,14-15H,4,13H2;1H/t8-;/m1./s1. The van der Waals surface area contributed by atoms with Crippen LogP contribution < -0.4 is 5.73 Å². The number of halogens is 4. The van der Waals surface area contributed by atoms with Gasteiger partial charge in [-0.15, -0.1) is 12.4 Å². The Morgan fingerprint density at radius 3 is 2.50 bits per heavy atom. The van der Waals surface area contributed by atoms with E-state index in [4.69, 9.17) is 15.9 Å². The third-order valence-corrected chi connectivity index (χ3v) is 2.70. The smallest absolute Gasteiger partial charge is 0.289 e. The highest BCUT2D eigenvalue weighted by Gasteiger charge is 2.38. The second-order valence-electron chi connectivity index (χ2n) is 3.10. The Bertz CT molecular complexity index is 365.